The van der Waals surface area contributed by atoms with Crippen molar-refractivity contribution in [3.8, 4) is 0 Å². The first kappa shape index (κ1) is 9.45. The Bertz CT molecular complexity index is 315. The first-order valence-corrected chi connectivity index (χ1v) is 5.34. The van der Waals surface area contributed by atoms with E-state index in [1.54, 1.807) is 0 Å². The van der Waals surface area contributed by atoms with E-state index in [0.29, 0.717) is 17.6 Å². The normalized spacial score (nSPS) is 27.6. The third-order valence-corrected chi connectivity index (χ3v) is 3.24. The van der Waals surface area contributed by atoms with Gasteiger partial charge in [-0.25, -0.2) is 0 Å². The van der Waals surface area contributed by atoms with Crippen molar-refractivity contribution < 1.29 is 4.79 Å². The minimum absolute atomic E-state index is 0.428. The summed E-state index contributed by atoms with van der Waals surface area (Å²) in [6.07, 6.45) is 2.58. The highest BCUT2D eigenvalue weighted by Gasteiger charge is 2.26. The van der Waals surface area contributed by atoms with Crippen LogP contribution in [0.2, 0.25) is 0 Å². The van der Waals surface area contributed by atoms with Gasteiger partial charge in [0.05, 0.1) is 0 Å². The molecular weight excluding hydrogens is 172 g/mol. The molecule has 0 spiro atoms. The van der Waals surface area contributed by atoms with Crippen molar-refractivity contribution in [1.82, 2.24) is 0 Å². The van der Waals surface area contributed by atoms with Crippen LogP contribution >= 0.6 is 0 Å². The molecule has 1 aromatic rings. The molecule has 0 bridgehead atoms. The van der Waals surface area contributed by atoms with E-state index >= 15 is 0 Å². The van der Waals surface area contributed by atoms with Crippen molar-refractivity contribution in [3.63, 3.8) is 0 Å². The summed E-state index contributed by atoms with van der Waals surface area (Å²) in [5.41, 5.74) is 1.33. The van der Waals surface area contributed by atoms with Crippen molar-refractivity contribution in [1.29, 1.82) is 0 Å². The molecule has 1 aromatic carbocycles. The maximum absolute atomic E-state index is 11.4. The number of benzene rings is 1. The minimum atomic E-state index is 0.428. The summed E-state index contributed by atoms with van der Waals surface area (Å²) < 4.78 is 0. The van der Waals surface area contributed by atoms with E-state index in [9.17, 15) is 4.79 Å². The third kappa shape index (κ3) is 1.87. The maximum atomic E-state index is 11.4. The van der Waals surface area contributed by atoms with Crippen LogP contribution in [0, 0.1) is 5.92 Å². The van der Waals surface area contributed by atoms with Gasteiger partial charge in [0.1, 0.15) is 5.78 Å². The molecule has 1 saturated carbocycles. The third-order valence-electron chi connectivity index (χ3n) is 3.24. The predicted molar refractivity (Wildman–Crippen MR) is 57.2 cm³/mol. The highest BCUT2D eigenvalue weighted by atomic mass is 16.1. The lowest BCUT2D eigenvalue weighted by atomic mass is 9.76. The molecule has 1 fully saturated rings. The molecule has 0 N–H and O–H groups in total. The maximum Gasteiger partial charge on any atom is 0.133 e. The first-order chi connectivity index (χ1) is 6.77. The van der Waals surface area contributed by atoms with Gasteiger partial charge in [0.25, 0.3) is 0 Å². The fourth-order valence-corrected chi connectivity index (χ4v) is 2.28. The molecule has 14 heavy (non-hydrogen) atoms. The molecule has 0 aromatic heterocycles. The molecule has 0 aliphatic heterocycles. The number of carbonyl (C=O) groups is 1. The van der Waals surface area contributed by atoms with E-state index in [1.807, 2.05) is 6.07 Å². The van der Waals surface area contributed by atoms with Gasteiger partial charge in [-0.15, -0.1) is 0 Å². The minimum Gasteiger partial charge on any atom is -0.300 e. The molecule has 0 amide bonds. The summed E-state index contributed by atoms with van der Waals surface area (Å²) in [5, 5.41) is 0. The zero-order valence-corrected chi connectivity index (χ0v) is 8.57. The van der Waals surface area contributed by atoms with Crippen molar-refractivity contribution in [2.24, 2.45) is 5.92 Å². The molecule has 1 heteroatoms. The standard InChI is InChI=1S/C13H16O/c1-10-7-8-12(14)9-13(10)11-5-3-2-4-6-11/h2-6,10,13H,7-9H2,1H3/t10-,13+/m0/s1. The van der Waals surface area contributed by atoms with Gasteiger partial charge >= 0.3 is 0 Å². The summed E-state index contributed by atoms with van der Waals surface area (Å²) in [6.45, 7) is 2.25. The van der Waals surface area contributed by atoms with Crippen molar-refractivity contribution in [3.05, 3.63) is 35.9 Å². The second-order valence-corrected chi connectivity index (χ2v) is 4.28. The van der Waals surface area contributed by atoms with Crippen LogP contribution in [0.15, 0.2) is 30.3 Å². The molecule has 74 valence electrons. The fourth-order valence-electron chi connectivity index (χ4n) is 2.28. The van der Waals surface area contributed by atoms with Crippen molar-refractivity contribution in [2.45, 2.75) is 32.1 Å². The highest BCUT2D eigenvalue weighted by Crippen LogP contribution is 2.35. The van der Waals surface area contributed by atoms with Gasteiger partial charge in [0, 0.05) is 12.8 Å². The smallest absolute Gasteiger partial charge is 0.133 e. The first-order valence-electron chi connectivity index (χ1n) is 5.34. The number of hydrogen-bond donors (Lipinski definition) is 0. The lowest BCUT2D eigenvalue weighted by molar-refractivity contribution is -0.121. The zero-order chi connectivity index (χ0) is 9.97. The van der Waals surface area contributed by atoms with E-state index in [4.69, 9.17) is 0 Å². The molecule has 1 aliphatic rings. The second-order valence-electron chi connectivity index (χ2n) is 4.28. The molecule has 1 nitrogen and oxygen atoms in total. The number of ketones is 1. The van der Waals surface area contributed by atoms with Crippen LogP contribution in [-0.4, -0.2) is 5.78 Å². The highest BCUT2D eigenvalue weighted by molar-refractivity contribution is 5.80. The monoisotopic (exact) mass is 188 g/mol. The Kier molecular flexibility index (Phi) is 2.67. The van der Waals surface area contributed by atoms with Crippen LogP contribution in [0.25, 0.3) is 0 Å². The Labute approximate surface area is 85.1 Å². The molecule has 2 rings (SSSR count). The quantitative estimate of drug-likeness (QED) is 0.661. The van der Waals surface area contributed by atoms with Gasteiger partial charge in [0.2, 0.25) is 0 Å². The van der Waals surface area contributed by atoms with Gasteiger partial charge < -0.3 is 0 Å². The van der Waals surface area contributed by atoms with E-state index < -0.39 is 0 Å². The van der Waals surface area contributed by atoms with Crippen molar-refractivity contribution in [2.75, 3.05) is 0 Å². The number of Topliss-reactive ketones (excluding diaryl/α,β-unsaturated/α-hetero) is 1. The average Bonchev–Trinajstić information content (AvgIpc) is 2.23. The lowest BCUT2D eigenvalue weighted by Crippen LogP contribution is -2.21. The van der Waals surface area contributed by atoms with E-state index in [0.717, 1.165) is 19.3 Å². The van der Waals surface area contributed by atoms with Crippen LogP contribution in [0.4, 0.5) is 0 Å². The van der Waals surface area contributed by atoms with E-state index in [1.165, 1.54) is 5.56 Å². The number of hydrogen-bond acceptors (Lipinski definition) is 1. The summed E-state index contributed by atoms with van der Waals surface area (Å²) in [4.78, 5) is 11.4. The summed E-state index contributed by atoms with van der Waals surface area (Å²) in [5.74, 6) is 1.53. The van der Waals surface area contributed by atoms with Crippen LogP contribution in [0.3, 0.4) is 0 Å². The van der Waals surface area contributed by atoms with Crippen LogP contribution in [0.5, 0.6) is 0 Å². The fraction of sp³-hybridized carbons (Fsp3) is 0.462. The second kappa shape index (κ2) is 3.95. The van der Waals surface area contributed by atoms with Crippen LogP contribution < -0.4 is 0 Å². The zero-order valence-electron chi connectivity index (χ0n) is 8.57. The Morgan fingerprint density at radius 1 is 1.21 bits per heavy atom. The Balaban J connectivity index is 2.20. The average molecular weight is 188 g/mol. The Morgan fingerprint density at radius 3 is 2.64 bits per heavy atom. The van der Waals surface area contributed by atoms with E-state index in [2.05, 4.69) is 31.2 Å². The van der Waals surface area contributed by atoms with Crippen LogP contribution in [-0.2, 0) is 4.79 Å². The predicted octanol–water partition coefficient (Wildman–Crippen LogP) is 3.16. The van der Waals surface area contributed by atoms with Gasteiger partial charge in [-0.1, -0.05) is 37.3 Å². The number of carbonyl (C=O) groups excluding carboxylic acids is 1. The van der Waals surface area contributed by atoms with Crippen LogP contribution in [0.1, 0.15) is 37.7 Å². The largest absolute Gasteiger partial charge is 0.300 e. The SMILES string of the molecule is C[C@H]1CCC(=O)C[C@H]1c1ccccc1. The molecule has 0 radical (unpaired) electrons. The van der Waals surface area contributed by atoms with E-state index in [-0.39, 0.29) is 0 Å². The van der Waals surface area contributed by atoms with Gasteiger partial charge in [-0.3, -0.25) is 4.79 Å². The van der Waals surface area contributed by atoms with Gasteiger partial charge in [-0.05, 0) is 23.8 Å². The summed E-state index contributed by atoms with van der Waals surface area (Å²) in [7, 11) is 0. The molecule has 1 aliphatic carbocycles. The molecular formula is C13H16O. The topological polar surface area (TPSA) is 17.1 Å². The van der Waals surface area contributed by atoms with Gasteiger partial charge in [-0.2, -0.15) is 0 Å². The Hall–Kier alpha value is -1.11. The molecule has 0 heterocycles. The molecule has 0 unspecified atom stereocenters. The molecule has 2 atom stereocenters. The lowest BCUT2D eigenvalue weighted by Gasteiger charge is -2.28. The summed E-state index contributed by atoms with van der Waals surface area (Å²) >= 11 is 0. The molecule has 0 saturated heterocycles. The summed E-state index contributed by atoms with van der Waals surface area (Å²) in [6, 6.07) is 10.4. The van der Waals surface area contributed by atoms with Gasteiger partial charge in [0.15, 0.2) is 0 Å². The van der Waals surface area contributed by atoms with Crippen molar-refractivity contribution >= 4 is 5.78 Å². The Morgan fingerprint density at radius 2 is 1.93 bits per heavy atom. The number of rotatable bonds is 1.